The Labute approximate surface area is 198 Å². The van der Waals surface area contributed by atoms with Gasteiger partial charge in [0.25, 0.3) is 11.1 Å². The minimum absolute atomic E-state index is 0.0898. The normalized spacial score (nSPS) is 14.7. The van der Waals surface area contributed by atoms with Crippen molar-refractivity contribution in [3.8, 4) is 5.75 Å². The number of halogens is 2. The lowest BCUT2D eigenvalue weighted by molar-refractivity contribution is -0.122. The monoisotopic (exact) mass is 481 g/mol. The van der Waals surface area contributed by atoms with Gasteiger partial charge in [0.2, 0.25) is 0 Å². The first-order chi connectivity index (χ1) is 15.9. The Hall–Kier alpha value is -3.42. The topological polar surface area (TPSA) is 63.7 Å². The van der Waals surface area contributed by atoms with E-state index in [4.69, 9.17) is 16.3 Å². The van der Waals surface area contributed by atoms with Crippen LogP contribution in [0.15, 0.2) is 77.7 Å². The van der Waals surface area contributed by atoms with E-state index < -0.39 is 11.1 Å². The number of Topliss-reactive ketones (excluding diaryl/α,β-unsaturated/α-hetero) is 1. The van der Waals surface area contributed by atoms with E-state index in [1.165, 1.54) is 6.07 Å². The Balaban J connectivity index is 1.40. The largest absolute Gasteiger partial charge is 0.489 e. The number of ether oxygens (including phenoxy) is 1. The molecule has 0 aromatic heterocycles. The molecule has 0 saturated carbocycles. The van der Waals surface area contributed by atoms with Crippen molar-refractivity contribution in [2.45, 2.75) is 6.61 Å². The number of hydrogen-bond acceptors (Lipinski definition) is 5. The summed E-state index contributed by atoms with van der Waals surface area (Å²) in [6.45, 7) is -0.251. The SMILES string of the molecule is O=C(CN1C(=O)SC(=Cc2ccc(OCc3ccccc3F)cc2)C1=O)c1ccc(Cl)cc1. The van der Waals surface area contributed by atoms with E-state index in [0.717, 1.165) is 16.7 Å². The van der Waals surface area contributed by atoms with Crippen LogP contribution in [0.5, 0.6) is 5.75 Å². The summed E-state index contributed by atoms with van der Waals surface area (Å²) in [5, 5.41) is -0.0114. The zero-order valence-electron chi connectivity index (χ0n) is 17.2. The van der Waals surface area contributed by atoms with Gasteiger partial charge in [0.15, 0.2) is 5.78 Å². The van der Waals surface area contributed by atoms with Crippen LogP contribution in [0.1, 0.15) is 21.5 Å². The lowest BCUT2D eigenvalue weighted by atomic mass is 10.1. The van der Waals surface area contributed by atoms with Crippen LogP contribution in [-0.2, 0) is 11.4 Å². The van der Waals surface area contributed by atoms with E-state index in [1.807, 2.05) is 0 Å². The van der Waals surface area contributed by atoms with E-state index in [2.05, 4.69) is 0 Å². The van der Waals surface area contributed by atoms with Crippen molar-refractivity contribution in [3.05, 3.63) is 105 Å². The molecule has 8 heteroatoms. The molecule has 1 saturated heterocycles. The van der Waals surface area contributed by atoms with Crippen LogP contribution in [0, 0.1) is 5.82 Å². The minimum Gasteiger partial charge on any atom is -0.489 e. The smallest absolute Gasteiger partial charge is 0.293 e. The van der Waals surface area contributed by atoms with Gasteiger partial charge in [-0.3, -0.25) is 19.3 Å². The van der Waals surface area contributed by atoms with E-state index in [-0.39, 0.29) is 29.7 Å². The molecule has 0 radical (unpaired) electrons. The van der Waals surface area contributed by atoms with Crippen LogP contribution in [0.2, 0.25) is 5.02 Å². The Morgan fingerprint density at radius 1 is 1.00 bits per heavy atom. The van der Waals surface area contributed by atoms with Gasteiger partial charge in [-0.05, 0) is 65.9 Å². The summed E-state index contributed by atoms with van der Waals surface area (Å²) < 4.78 is 19.3. The van der Waals surface area contributed by atoms with Crippen LogP contribution in [0.3, 0.4) is 0 Å². The number of carbonyl (C=O) groups is 3. The predicted molar refractivity (Wildman–Crippen MR) is 126 cm³/mol. The second-order valence-electron chi connectivity index (χ2n) is 7.15. The average molecular weight is 482 g/mol. The molecule has 0 atom stereocenters. The third-order valence-corrected chi connectivity index (χ3v) is 6.03. The summed E-state index contributed by atoms with van der Waals surface area (Å²) in [4.78, 5) is 38.6. The minimum atomic E-state index is -0.521. The molecule has 33 heavy (non-hydrogen) atoms. The summed E-state index contributed by atoms with van der Waals surface area (Å²) in [5.74, 6) is -0.671. The first-order valence-electron chi connectivity index (χ1n) is 9.91. The molecule has 2 amide bonds. The number of imide groups is 1. The molecule has 5 nitrogen and oxygen atoms in total. The molecule has 0 aliphatic carbocycles. The summed E-state index contributed by atoms with van der Waals surface area (Å²) in [7, 11) is 0. The molecule has 1 aliphatic rings. The summed E-state index contributed by atoms with van der Waals surface area (Å²) in [6.07, 6.45) is 1.58. The highest BCUT2D eigenvalue weighted by molar-refractivity contribution is 8.18. The first kappa shape index (κ1) is 22.8. The van der Waals surface area contributed by atoms with Crippen molar-refractivity contribution in [2.24, 2.45) is 0 Å². The Bertz CT molecular complexity index is 1240. The van der Waals surface area contributed by atoms with Crippen molar-refractivity contribution >= 4 is 46.4 Å². The number of ketones is 1. The van der Waals surface area contributed by atoms with Gasteiger partial charge in [-0.25, -0.2) is 4.39 Å². The number of carbonyl (C=O) groups excluding carboxylic acids is 3. The molecule has 3 aromatic rings. The maximum atomic E-state index is 13.7. The lowest BCUT2D eigenvalue weighted by Crippen LogP contribution is -2.33. The molecule has 4 rings (SSSR count). The Morgan fingerprint density at radius 2 is 1.70 bits per heavy atom. The van der Waals surface area contributed by atoms with Gasteiger partial charge in [0.1, 0.15) is 18.2 Å². The highest BCUT2D eigenvalue weighted by Crippen LogP contribution is 2.32. The summed E-state index contributed by atoms with van der Waals surface area (Å²) in [6, 6.07) is 19.5. The van der Waals surface area contributed by atoms with Crippen LogP contribution in [0.25, 0.3) is 6.08 Å². The van der Waals surface area contributed by atoms with Crippen molar-refractivity contribution < 1.29 is 23.5 Å². The van der Waals surface area contributed by atoms with E-state index in [9.17, 15) is 18.8 Å². The van der Waals surface area contributed by atoms with Gasteiger partial charge in [-0.15, -0.1) is 0 Å². The lowest BCUT2D eigenvalue weighted by Gasteiger charge is -2.11. The molecular formula is C25H17ClFNO4S. The van der Waals surface area contributed by atoms with Crippen molar-refractivity contribution in [1.29, 1.82) is 0 Å². The fourth-order valence-electron chi connectivity index (χ4n) is 3.10. The van der Waals surface area contributed by atoms with Crippen molar-refractivity contribution in [1.82, 2.24) is 4.90 Å². The van der Waals surface area contributed by atoms with Gasteiger partial charge >= 0.3 is 0 Å². The molecule has 1 aliphatic heterocycles. The highest BCUT2D eigenvalue weighted by atomic mass is 35.5. The van der Waals surface area contributed by atoms with E-state index >= 15 is 0 Å². The number of benzene rings is 3. The van der Waals surface area contributed by atoms with Gasteiger partial charge < -0.3 is 4.74 Å². The number of amides is 2. The molecule has 0 unspecified atom stereocenters. The second kappa shape index (κ2) is 10.0. The van der Waals surface area contributed by atoms with Gasteiger partial charge in [-0.2, -0.15) is 0 Å². The second-order valence-corrected chi connectivity index (χ2v) is 8.58. The van der Waals surface area contributed by atoms with Crippen molar-refractivity contribution in [2.75, 3.05) is 6.54 Å². The molecule has 1 fully saturated rings. The quantitative estimate of drug-likeness (QED) is 0.307. The molecule has 1 heterocycles. The number of nitrogens with zero attached hydrogens (tertiary/aromatic N) is 1. The Morgan fingerprint density at radius 3 is 2.39 bits per heavy atom. The number of rotatable bonds is 7. The van der Waals surface area contributed by atoms with E-state index in [0.29, 0.717) is 27.5 Å². The third-order valence-electron chi connectivity index (χ3n) is 4.87. The molecule has 0 spiro atoms. The molecular weight excluding hydrogens is 465 g/mol. The predicted octanol–water partition coefficient (Wildman–Crippen LogP) is 5.98. The zero-order valence-corrected chi connectivity index (χ0v) is 18.7. The third kappa shape index (κ3) is 5.50. The van der Waals surface area contributed by atoms with Crippen LogP contribution in [-0.4, -0.2) is 28.4 Å². The van der Waals surface area contributed by atoms with Crippen LogP contribution in [0.4, 0.5) is 9.18 Å². The standard InChI is InChI=1S/C25H17ClFNO4S/c26-19-9-7-17(8-10-19)22(29)14-28-24(30)23(33-25(28)31)13-16-5-11-20(12-6-16)32-15-18-3-1-2-4-21(18)27/h1-13H,14-15H2. The summed E-state index contributed by atoms with van der Waals surface area (Å²) in [5.41, 5.74) is 1.50. The number of thioether (sulfide) groups is 1. The van der Waals surface area contributed by atoms with Gasteiger partial charge in [0.05, 0.1) is 11.4 Å². The molecule has 3 aromatic carbocycles. The highest BCUT2D eigenvalue weighted by Gasteiger charge is 2.36. The molecule has 0 N–H and O–H groups in total. The average Bonchev–Trinajstić information content (AvgIpc) is 3.07. The van der Waals surface area contributed by atoms with Crippen LogP contribution >= 0.6 is 23.4 Å². The van der Waals surface area contributed by atoms with E-state index in [1.54, 1.807) is 72.8 Å². The van der Waals surface area contributed by atoms with Crippen molar-refractivity contribution in [3.63, 3.8) is 0 Å². The Kier molecular flexibility index (Phi) is 6.91. The fraction of sp³-hybridized carbons (Fsp3) is 0.0800. The van der Waals surface area contributed by atoms with Crippen LogP contribution < -0.4 is 4.74 Å². The molecule has 0 bridgehead atoms. The molecule has 166 valence electrons. The maximum Gasteiger partial charge on any atom is 0.293 e. The number of hydrogen-bond donors (Lipinski definition) is 0. The van der Waals surface area contributed by atoms with Gasteiger partial charge in [0, 0.05) is 16.1 Å². The fourth-order valence-corrected chi connectivity index (χ4v) is 4.06. The summed E-state index contributed by atoms with van der Waals surface area (Å²) >= 11 is 6.61. The van der Waals surface area contributed by atoms with Gasteiger partial charge in [-0.1, -0.05) is 41.9 Å². The first-order valence-corrected chi connectivity index (χ1v) is 11.1. The zero-order chi connectivity index (χ0) is 23.4. The maximum absolute atomic E-state index is 13.7.